The zero-order valence-electron chi connectivity index (χ0n) is 23.2. The Morgan fingerprint density at radius 3 is 1.26 bits per heavy atom. The Labute approximate surface area is 256 Å². The predicted octanol–water partition coefficient (Wildman–Crippen LogP) is 10.5. The van der Waals surface area contributed by atoms with Crippen LogP contribution in [0.3, 0.4) is 0 Å². The molecule has 0 unspecified atom stereocenters. The van der Waals surface area contributed by atoms with Gasteiger partial charge in [-0.05, 0) is 51.6 Å². The molecule has 3 nitrogen and oxygen atoms in total. The van der Waals surface area contributed by atoms with E-state index >= 15 is 0 Å². The molecule has 0 aliphatic rings. The molecule has 1 heterocycles. The van der Waals surface area contributed by atoms with Crippen LogP contribution >= 0.6 is 11.6 Å². The van der Waals surface area contributed by atoms with Crippen molar-refractivity contribution in [1.29, 1.82) is 0 Å². The monoisotopic (exact) mass is 571 g/mol. The number of benzene rings is 6. The normalized spacial score (nSPS) is 10.9. The Morgan fingerprint density at radius 1 is 0.302 bits per heavy atom. The van der Waals surface area contributed by atoms with Crippen molar-refractivity contribution in [2.75, 3.05) is 0 Å². The molecule has 0 amide bonds. The van der Waals surface area contributed by atoms with Gasteiger partial charge in [0.2, 0.25) is 0 Å². The molecule has 0 atom stereocenters. The third-order valence-corrected chi connectivity index (χ3v) is 7.69. The summed E-state index contributed by atoms with van der Waals surface area (Å²) in [7, 11) is 0. The fraction of sp³-hybridized carbons (Fsp3) is 0. The molecule has 0 aliphatic heterocycles. The van der Waals surface area contributed by atoms with Crippen molar-refractivity contribution in [2.24, 2.45) is 0 Å². The van der Waals surface area contributed by atoms with Crippen molar-refractivity contribution in [3.05, 3.63) is 163 Å². The highest BCUT2D eigenvalue weighted by molar-refractivity contribution is 6.30. The van der Waals surface area contributed by atoms with Crippen LogP contribution in [0.15, 0.2) is 158 Å². The lowest BCUT2D eigenvalue weighted by atomic mass is 9.98. The van der Waals surface area contributed by atoms with E-state index in [4.69, 9.17) is 26.6 Å². The maximum Gasteiger partial charge on any atom is 0.164 e. The van der Waals surface area contributed by atoms with Crippen LogP contribution in [-0.4, -0.2) is 15.0 Å². The van der Waals surface area contributed by atoms with Gasteiger partial charge in [0.05, 0.1) is 0 Å². The first-order valence-electron chi connectivity index (χ1n) is 14.1. The molecule has 0 saturated carbocycles. The Balaban J connectivity index is 1.45. The molecule has 7 aromatic rings. The van der Waals surface area contributed by atoms with Gasteiger partial charge in [0.1, 0.15) is 0 Å². The third-order valence-electron chi connectivity index (χ3n) is 7.44. The summed E-state index contributed by atoms with van der Waals surface area (Å²) in [5.74, 6) is 1.86. The Hall–Kier alpha value is -5.38. The molecular formula is C39H26ClN3. The number of halogens is 1. The van der Waals surface area contributed by atoms with E-state index in [1.54, 1.807) is 0 Å². The molecule has 6 aromatic carbocycles. The van der Waals surface area contributed by atoms with Gasteiger partial charge in [-0.3, -0.25) is 0 Å². The van der Waals surface area contributed by atoms with E-state index in [2.05, 4.69) is 103 Å². The molecule has 0 N–H and O–H groups in total. The smallest absolute Gasteiger partial charge is 0.164 e. The minimum absolute atomic E-state index is 0.613. The van der Waals surface area contributed by atoms with Gasteiger partial charge in [-0.2, -0.15) is 0 Å². The maximum atomic E-state index is 6.16. The maximum absolute atomic E-state index is 6.16. The molecule has 0 spiro atoms. The fourth-order valence-corrected chi connectivity index (χ4v) is 5.45. The van der Waals surface area contributed by atoms with E-state index in [0.29, 0.717) is 22.5 Å². The van der Waals surface area contributed by atoms with Crippen molar-refractivity contribution in [2.45, 2.75) is 0 Å². The first kappa shape index (κ1) is 26.5. The molecule has 0 radical (unpaired) electrons. The van der Waals surface area contributed by atoms with E-state index in [0.717, 1.165) is 50.1 Å². The lowest BCUT2D eigenvalue weighted by Gasteiger charge is -2.14. The van der Waals surface area contributed by atoms with Crippen LogP contribution < -0.4 is 0 Å². The average Bonchev–Trinajstić information content (AvgIpc) is 3.09. The standard InChI is InChI=1S/C39H26ClN3/c40-32-24-22-27(23-25-32)30-16-11-17-31(26-30)37-41-38(35-20-9-7-18-33(35)28-12-3-1-4-13-28)43-39(42-37)36-21-10-8-19-34(36)29-14-5-2-6-15-29/h1-26H. The summed E-state index contributed by atoms with van der Waals surface area (Å²) in [5, 5.41) is 0.709. The number of rotatable bonds is 6. The quantitative estimate of drug-likeness (QED) is 0.199. The van der Waals surface area contributed by atoms with Gasteiger partial charge in [0, 0.05) is 21.7 Å². The van der Waals surface area contributed by atoms with Crippen LogP contribution in [0, 0.1) is 0 Å². The van der Waals surface area contributed by atoms with Crippen LogP contribution in [0.5, 0.6) is 0 Å². The SMILES string of the molecule is Clc1ccc(-c2cccc(-c3nc(-c4ccccc4-c4ccccc4)nc(-c4ccccc4-c4ccccc4)n3)c2)cc1. The number of nitrogens with zero attached hydrogens (tertiary/aromatic N) is 3. The van der Waals surface area contributed by atoms with Gasteiger partial charge in [-0.25, -0.2) is 15.0 Å². The number of hydrogen-bond donors (Lipinski definition) is 0. The third kappa shape index (κ3) is 5.59. The lowest BCUT2D eigenvalue weighted by Crippen LogP contribution is -2.02. The highest BCUT2D eigenvalue weighted by Gasteiger charge is 2.18. The minimum Gasteiger partial charge on any atom is -0.208 e. The topological polar surface area (TPSA) is 38.7 Å². The van der Waals surface area contributed by atoms with Gasteiger partial charge >= 0.3 is 0 Å². The van der Waals surface area contributed by atoms with Gasteiger partial charge in [-0.1, -0.05) is 151 Å². The van der Waals surface area contributed by atoms with E-state index < -0.39 is 0 Å². The molecular weight excluding hydrogens is 546 g/mol. The molecule has 4 heteroatoms. The summed E-state index contributed by atoms with van der Waals surface area (Å²) in [6, 6.07) is 53.4. The average molecular weight is 572 g/mol. The highest BCUT2D eigenvalue weighted by Crippen LogP contribution is 2.35. The molecule has 0 bridgehead atoms. The van der Waals surface area contributed by atoms with E-state index in [1.807, 2.05) is 54.6 Å². The molecule has 7 rings (SSSR count). The van der Waals surface area contributed by atoms with Crippen LogP contribution in [0.4, 0.5) is 0 Å². The predicted molar refractivity (Wildman–Crippen MR) is 177 cm³/mol. The van der Waals surface area contributed by atoms with Gasteiger partial charge < -0.3 is 0 Å². The van der Waals surface area contributed by atoms with Crippen molar-refractivity contribution < 1.29 is 0 Å². The van der Waals surface area contributed by atoms with Crippen LogP contribution in [0.25, 0.3) is 67.5 Å². The Kier molecular flexibility index (Phi) is 7.31. The van der Waals surface area contributed by atoms with Crippen molar-refractivity contribution in [1.82, 2.24) is 15.0 Å². The summed E-state index contributed by atoms with van der Waals surface area (Å²) >= 11 is 6.16. The zero-order chi connectivity index (χ0) is 29.0. The van der Waals surface area contributed by atoms with Crippen molar-refractivity contribution in [3.8, 4) is 67.5 Å². The van der Waals surface area contributed by atoms with Crippen LogP contribution in [0.1, 0.15) is 0 Å². The van der Waals surface area contributed by atoms with Crippen LogP contribution in [-0.2, 0) is 0 Å². The molecule has 204 valence electrons. The van der Waals surface area contributed by atoms with Gasteiger partial charge in [0.25, 0.3) is 0 Å². The number of hydrogen-bond acceptors (Lipinski definition) is 3. The Bertz CT molecular complexity index is 1920. The summed E-state index contributed by atoms with van der Waals surface area (Å²) in [6.45, 7) is 0. The summed E-state index contributed by atoms with van der Waals surface area (Å²) in [4.78, 5) is 15.3. The van der Waals surface area contributed by atoms with Crippen molar-refractivity contribution in [3.63, 3.8) is 0 Å². The minimum atomic E-state index is 0.613. The van der Waals surface area contributed by atoms with Crippen LogP contribution in [0.2, 0.25) is 5.02 Å². The highest BCUT2D eigenvalue weighted by atomic mass is 35.5. The second kappa shape index (κ2) is 11.8. The molecule has 1 aromatic heterocycles. The first-order chi connectivity index (χ1) is 21.2. The first-order valence-corrected chi connectivity index (χ1v) is 14.5. The van der Waals surface area contributed by atoms with Crippen molar-refractivity contribution >= 4 is 11.6 Å². The summed E-state index contributed by atoms with van der Waals surface area (Å²) in [5.41, 5.74) is 9.29. The zero-order valence-corrected chi connectivity index (χ0v) is 24.0. The summed E-state index contributed by atoms with van der Waals surface area (Å²) < 4.78 is 0. The van der Waals surface area contributed by atoms with E-state index in [-0.39, 0.29) is 0 Å². The van der Waals surface area contributed by atoms with Gasteiger partial charge in [0.15, 0.2) is 17.5 Å². The fourth-order valence-electron chi connectivity index (χ4n) is 5.32. The van der Waals surface area contributed by atoms with Gasteiger partial charge in [-0.15, -0.1) is 0 Å². The largest absolute Gasteiger partial charge is 0.208 e. The summed E-state index contributed by atoms with van der Waals surface area (Å²) in [6.07, 6.45) is 0. The van der Waals surface area contributed by atoms with E-state index in [1.165, 1.54) is 0 Å². The molecule has 0 aliphatic carbocycles. The molecule has 43 heavy (non-hydrogen) atoms. The molecule has 0 saturated heterocycles. The second-order valence-corrected chi connectivity index (χ2v) is 10.7. The molecule has 0 fully saturated rings. The second-order valence-electron chi connectivity index (χ2n) is 10.2. The van der Waals surface area contributed by atoms with E-state index in [9.17, 15) is 0 Å². The lowest BCUT2D eigenvalue weighted by molar-refractivity contribution is 1.07. The number of aromatic nitrogens is 3. The Morgan fingerprint density at radius 2 is 0.721 bits per heavy atom.